The number of hydrogen-bond acceptors (Lipinski definition) is 3. The van der Waals surface area contributed by atoms with Gasteiger partial charge in [0.2, 0.25) is 5.91 Å². The van der Waals surface area contributed by atoms with Crippen molar-refractivity contribution in [1.82, 2.24) is 4.98 Å². The van der Waals surface area contributed by atoms with Gasteiger partial charge in [0.25, 0.3) is 0 Å². The number of anilines is 3. The first kappa shape index (κ1) is 19.1. The first-order valence-corrected chi connectivity index (χ1v) is 7.92. The van der Waals surface area contributed by atoms with Gasteiger partial charge >= 0.3 is 6.18 Å². The molecule has 2 N–H and O–H groups in total. The van der Waals surface area contributed by atoms with Crippen molar-refractivity contribution < 1.29 is 18.0 Å². The summed E-state index contributed by atoms with van der Waals surface area (Å²) in [4.78, 5) is 15.8. The molecule has 2 aromatic rings. The van der Waals surface area contributed by atoms with Crippen LogP contribution in [-0.4, -0.2) is 10.9 Å². The second-order valence-electron chi connectivity index (χ2n) is 5.90. The van der Waals surface area contributed by atoms with E-state index in [1.165, 1.54) is 12.3 Å². The molecule has 1 heterocycles. The molecule has 25 heavy (non-hydrogen) atoms. The Hall–Kier alpha value is -2.28. The molecule has 0 saturated carbocycles. The van der Waals surface area contributed by atoms with Crippen LogP contribution in [0.15, 0.2) is 36.5 Å². The molecular weight excluding hydrogens is 355 g/mol. The summed E-state index contributed by atoms with van der Waals surface area (Å²) in [5.74, 6) is 0.415. The van der Waals surface area contributed by atoms with Gasteiger partial charge in [-0.2, -0.15) is 13.2 Å². The molecule has 134 valence electrons. The van der Waals surface area contributed by atoms with Crippen LogP contribution in [0.5, 0.6) is 0 Å². The number of alkyl halides is 3. The van der Waals surface area contributed by atoms with Crippen LogP contribution in [0.2, 0.25) is 5.02 Å². The van der Waals surface area contributed by atoms with E-state index in [9.17, 15) is 18.0 Å². The zero-order valence-electron chi connectivity index (χ0n) is 13.6. The second-order valence-corrected chi connectivity index (χ2v) is 6.30. The summed E-state index contributed by atoms with van der Waals surface area (Å²) in [6, 6.07) is 6.15. The van der Waals surface area contributed by atoms with Gasteiger partial charge in [-0.25, -0.2) is 4.98 Å². The van der Waals surface area contributed by atoms with Crippen molar-refractivity contribution in [3.8, 4) is 0 Å². The number of halogens is 4. The van der Waals surface area contributed by atoms with Gasteiger partial charge in [-0.05, 0) is 36.2 Å². The van der Waals surface area contributed by atoms with Gasteiger partial charge in [-0.15, -0.1) is 0 Å². The van der Waals surface area contributed by atoms with Crippen molar-refractivity contribution in [2.24, 2.45) is 5.92 Å². The quantitative estimate of drug-likeness (QED) is 0.731. The number of carbonyl (C=O) groups excluding carboxylic acids is 1. The number of amides is 1. The molecule has 1 aromatic carbocycles. The van der Waals surface area contributed by atoms with E-state index in [1.54, 1.807) is 12.1 Å². The minimum atomic E-state index is -4.46. The molecule has 1 aromatic heterocycles. The number of aromatic nitrogens is 1. The van der Waals surface area contributed by atoms with Crippen molar-refractivity contribution in [2.75, 3.05) is 10.6 Å². The molecule has 1 amide bonds. The van der Waals surface area contributed by atoms with E-state index >= 15 is 0 Å². The number of pyridine rings is 1. The lowest BCUT2D eigenvalue weighted by Gasteiger charge is -2.12. The van der Waals surface area contributed by atoms with Crippen LogP contribution in [0.4, 0.5) is 30.4 Å². The van der Waals surface area contributed by atoms with Gasteiger partial charge < -0.3 is 10.6 Å². The number of nitrogens with zero attached hydrogens (tertiary/aromatic N) is 1. The molecule has 4 nitrogen and oxygen atoms in total. The molecule has 0 saturated heterocycles. The second kappa shape index (κ2) is 7.74. The zero-order chi connectivity index (χ0) is 18.6. The Morgan fingerprint density at radius 1 is 1.24 bits per heavy atom. The number of rotatable bonds is 5. The number of benzene rings is 1. The fraction of sp³-hybridized carbons (Fsp3) is 0.294. The molecule has 0 unspecified atom stereocenters. The first-order valence-electron chi connectivity index (χ1n) is 7.55. The Labute approximate surface area is 148 Å². The Kier molecular flexibility index (Phi) is 5.89. The van der Waals surface area contributed by atoms with E-state index in [-0.39, 0.29) is 22.5 Å². The van der Waals surface area contributed by atoms with E-state index in [0.717, 1.165) is 12.1 Å². The lowest BCUT2D eigenvalue weighted by atomic mass is 10.1. The first-order chi connectivity index (χ1) is 11.6. The Bertz CT molecular complexity index is 746. The van der Waals surface area contributed by atoms with Crippen molar-refractivity contribution in [3.63, 3.8) is 0 Å². The third-order valence-corrected chi connectivity index (χ3v) is 3.53. The van der Waals surface area contributed by atoms with Crippen molar-refractivity contribution in [1.29, 1.82) is 0 Å². The van der Waals surface area contributed by atoms with E-state index in [1.807, 2.05) is 13.8 Å². The smallest absolute Gasteiger partial charge is 0.339 e. The number of nitrogens with one attached hydrogen (secondary N) is 2. The summed E-state index contributed by atoms with van der Waals surface area (Å²) in [5.41, 5.74) is -0.205. The maximum atomic E-state index is 12.8. The fourth-order valence-electron chi connectivity index (χ4n) is 2.06. The molecule has 0 aliphatic rings. The zero-order valence-corrected chi connectivity index (χ0v) is 14.4. The number of carbonyl (C=O) groups is 1. The molecule has 2 rings (SSSR count). The van der Waals surface area contributed by atoms with Crippen LogP contribution in [0.25, 0.3) is 0 Å². The van der Waals surface area contributed by atoms with Crippen LogP contribution in [0.1, 0.15) is 25.8 Å². The summed E-state index contributed by atoms with van der Waals surface area (Å²) in [5, 5.41) is 5.59. The average molecular weight is 372 g/mol. The lowest BCUT2D eigenvalue weighted by Crippen LogP contribution is -2.14. The van der Waals surface area contributed by atoms with Gasteiger partial charge in [-0.1, -0.05) is 25.4 Å². The molecule has 0 aliphatic carbocycles. The third-order valence-electron chi connectivity index (χ3n) is 3.20. The van der Waals surface area contributed by atoms with Crippen molar-refractivity contribution in [2.45, 2.75) is 26.4 Å². The predicted molar refractivity (Wildman–Crippen MR) is 92.1 cm³/mol. The molecule has 0 atom stereocenters. The maximum Gasteiger partial charge on any atom is 0.416 e. The fourth-order valence-corrected chi connectivity index (χ4v) is 2.22. The van der Waals surface area contributed by atoms with E-state index in [0.29, 0.717) is 17.9 Å². The summed E-state index contributed by atoms with van der Waals surface area (Å²) in [7, 11) is 0. The van der Waals surface area contributed by atoms with Gasteiger partial charge in [0, 0.05) is 6.42 Å². The van der Waals surface area contributed by atoms with Crippen LogP contribution >= 0.6 is 11.6 Å². The molecule has 8 heteroatoms. The van der Waals surface area contributed by atoms with Crippen molar-refractivity contribution >= 4 is 34.7 Å². The van der Waals surface area contributed by atoms with E-state index in [4.69, 9.17) is 11.6 Å². The highest BCUT2D eigenvalue weighted by molar-refractivity contribution is 6.33. The highest BCUT2D eigenvalue weighted by atomic mass is 35.5. The SMILES string of the molecule is CC(C)CC(=O)Nc1ccc(Nc2cc(C(F)(F)F)ccc2Cl)nc1. The van der Waals surface area contributed by atoms with Crippen LogP contribution in [-0.2, 0) is 11.0 Å². The van der Waals surface area contributed by atoms with Gasteiger partial charge in [0.05, 0.1) is 28.2 Å². The summed E-state index contributed by atoms with van der Waals surface area (Å²) >= 11 is 5.93. The molecule has 0 aliphatic heterocycles. The minimum absolute atomic E-state index is 0.0978. The molecular formula is C17H17ClF3N3O. The van der Waals surface area contributed by atoms with Gasteiger partial charge in [0.15, 0.2) is 0 Å². The van der Waals surface area contributed by atoms with Crippen LogP contribution < -0.4 is 10.6 Å². The summed E-state index contributed by atoms with van der Waals surface area (Å²) in [6.07, 6.45) is -2.65. The highest BCUT2D eigenvalue weighted by Gasteiger charge is 2.31. The highest BCUT2D eigenvalue weighted by Crippen LogP contribution is 2.34. The van der Waals surface area contributed by atoms with Gasteiger partial charge in [-0.3, -0.25) is 4.79 Å². The van der Waals surface area contributed by atoms with E-state index < -0.39 is 11.7 Å². The Morgan fingerprint density at radius 3 is 2.52 bits per heavy atom. The Morgan fingerprint density at radius 2 is 1.96 bits per heavy atom. The largest absolute Gasteiger partial charge is 0.416 e. The maximum absolute atomic E-state index is 12.8. The monoisotopic (exact) mass is 371 g/mol. The van der Waals surface area contributed by atoms with Crippen LogP contribution in [0, 0.1) is 5.92 Å². The van der Waals surface area contributed by atoms with Gasteiger partial charge in [0.1, 0.15) is 5.82 Å². The average Bonchev–Trinajstić information content (AvgIpc) is 2.49. The molecule has 0 fully saturated rings. The third kappa shape index (κ3) is 5.63. The summed E-state index contributed by atoms with van der Waals surface area (Å²) < 4.78 is 38.3. The standard InChI is InChI=1S/C17H17ClF3N3O/c1-10(2)7-16(25)23-12-4-6-15(22-9-12)24-14-8-11(17(19,20)21)3-5-13(14)18/h3-6,8-10H,7H2,1-2H3,(H,22,24)(H,23,25). The number of hydrogen-bond donors (Lipinski definition) is 2. The Balaban J connectivity index is 2.10. The van der Waals surface area contributed by atoms with E-state index in [2.05, 4.69) is 15.6 Å². The normalized spacial score (nSPS) is 11.5. The minimum Gasteiger partial charge on any atom is -0.339 e. The topological polar surface area (TPSA) is 54.0 Å². The lowest BCUT2D eigenvalue weighted by molar-refractivity contribution is -0.137. The predicted octanol–water partition coefficient (Wildman–Crippen LogP) is 5.48. The van der Waals surface area contributed by atoms with Crippen molar-refractivity contribution in [3.05, 3.63) is 47.1 Å². The molecule has 0 bridgehead atoms. The van der Waals surface area contributed by atoms with Crippen LogP contribution in [0.3, 0.4) is 0 Å². The molecule has 0 spiro atoms. The summed E-state index contributed by atoms with van der Waals surface area (Å²) in [6.45, 7) is 3.87. The molecule has 0 radical (unpaired) electrons.